The quantitative estimate of drug-likeness (QED) is 0.705. The fraction of sp³-hybridized carbons (Fsp3) is 0.533. The van der Waals surface area contributed by atoms with E-state index in [0.29, 0.717) is 13.0 Å². The minimum Gasteiger partial charge on any atom is -0.396 e. The number of rotatable bonds is 7. The van der Waals surface area contributed by atoms with Crippen molar-refractivity contribution in [3.05, 3.63) is 35.4 Å². The molecule has 1 rings (SSSR count). The number of aliphatic hydroxyl groups excluding tert-OH is 1. The summed E-state index contributed by atoms with van der Waals surface area (Å²) in [6.45, 7) is 4.80. The lowest BCUT2D eigenvalue weighted by molar-refractivity contribution is 0.234. The second kappa shape index (κ2) is 8.53. The van der Waals surface area contributed by atoms with Crippen molar-refractivity contribution in [1.29, 1.82) is 0 Å². The van der Waals surface area contributed by atoms with Crippen LogP contribution < -0.4 is 10.6 Å². The summed E-state index contributed by atoms with van der Waals surface area (Å²) in [5.74, 6) is 0. The highest BCUT2D eigenvalue weighted by Crippen LogP contribution is 2.03. The van der Waals surface area contributed by atoms with Crippen molar-refractivity contribution in [3.63, 3.8) is 0 Å². The fourth-order valence-corrected chi connectivity index (χ4v) is 1.93. The van der Waals surface area contributed by atoms with Gasteiger partial charge in [0.25, 0.3) is 0 Å². The molecule has 1 atom stereocenters. The number of amides is 2. The lowest BCUT2D eigenvalue weighted by Gasteiger charge is -2.14. The maximum Gasteiger partial charge on any atom is 0.315 e. The van der Waals surface area contributed by atoms with E-state index < -0.39 is 0 Å². The standard InChI is InChI=1S/C15H24N2O2/c1-12-5-3-7-14(11-12)8-9-16-15(19)17-13(2)6-4-10-18/h3,5,7,11,13,18H,4,6,8-10H2,1-2H3,(H2,16,17,19). The van der Waals surface area contributed by atoms with E-state index in [-0.39, 0.29) is 18.7 Å². The van der Waals surface area contributed by atoms with Crippen LogP contribution in [0, 0.1) is 6.92 Å². The first-order valence-corrected chi connectivity index (χ1v) is 6.82. The van der Waals surface area contributed by atoms with Gasteiger partial charge >= 0.3 is 6.03 Å². The van der Waals surface area contributed by atoms with Crippen molar-refractivity contribution in [1.82, 2.24) is 10.6 Å². The molecule has 0 aromatic heterocycles. The van der Waals surface area contributed by atoms with Crippen molar-refractivity contribution in [2.24, 2.45) is 0 Å². The van der Waals surface area contributed by atoms with Gasteiger partial charge in [-0.1, -0.05) is 29.8 Å². The first-order chi connectivity index (χ1) is 9.11. The highest BCUT2D eigenvalue weighted by atomic mass is 16.3. The molecule has 0 radical (unpaired) electrons. The van der Waals surface area contributed by atoms with Crippen molar-refractivity contribution in [2.45, 2.75) is 39.2 Å². The van der Waals surface area contributed by atoms with Gasteiger partial charge in [-0.15, -0.1) is 0 Å². The van der Waals surface area contributed by atoms with E-state index in [0.717, 1.165) is 12.8 Å². The molecule has 0 heterocycles. The number of aliphatic hydroxyl groups is 1. The molecule has 1 aromatic rings. The molecule has 0 saturated heterocycles. The highest BCUT2D eigenvalue weighted by Gasteiger charge is 2.05. The van der Waals surface area contributed by atoms with Crippen LogP contribution in [0.1, 0.15) is 30.9 Å². The predicted octanol–water partition coefficient (Wildman–Crippen LogP) is 2.00. The lowest BCUT2D eigenvalue weighted by atomic mass is 10.1. The topological polar surface area (TPSA) is 61.4 Å². The fourth-order valence-electron chi connectivity index (χ4n) is 1.93. The number of aryl methyl sites for hydroxylation is 1. The Morgan fingerprint density at radius 1 is 1.42 bits per heavy atom. The van der Waals surface area contributed by atoms with Crippen LogP contribution in [-0.4, -0.2) is 30.3 Å². The summed E-state index contributed by atoms with van der Waals surface area (Å²) in [6.07, 6.45) is 2.34. The normalized spacial score (nSPS) is 11.9. The molecule has 0 aliphatic rings. The molecule has 0 aliphatic carbocycles. The van der Waals surface area contributed by atoms with Gasteiger partial charge in [0, 0.05) is 19.2 Å². The zero-order valence-corrected chi connectivity index (χ0v) is 11.8. The lowest BCUT2D eigenvalue weighted by Crippen LogP contribution is -2.41. The second-order valence-corrected chi connectivity index (χ2v) is 4.91. The van der Waals surface area contributed by atoms with Crippen LogP contribution in [0.5, 0.6) is 0 Å². The summed E-state index contributed by atoms with van der Waals surface area (Å²) in [4.78, 5) is 11.6. The Balaban J connectivity index is 2.20. The predicted molar refractivity (Wildman–Crippen MR) is 77.2 cm³/mol. The van der Waals surface area contributed by atoms with E-state index in [2.05, 4.69) is 35.8 Å². The Kier molecular flexibility index (Phi) is 6.97. The molecule has 1 unspecified atom stereocenters. The van der Waals surface area contributed by atoms with Crippen molar-refractivity contribution >= 4 is 6.03 Å². The molecule has 0 bridgehead atoms. The van der Waals surface area contributed by atoms with Gasteiger partial charge in [-0.25, -0.2) is 4.79 Å². The minimum atomic E-state index is -0.141. The third kappa shape index (κ3) is 6.82. The van der Waals surface area contributed by atoms with Gasteiger partial charge in [0.15, 0.2) is 0 Å². The molecule has 19 heavy (non-hydrogen) atoms. The Labute approximate surface area is 115 Å². The van der Waals surface area contributed by atoms with E-state index in [1.54, 1.807) is 0 Å². The van der Waals surface area contributed by atoms with Crippen LogP contribution in [0.15, 0.2) is 24.3 Å². The number of benzene rings is 1. The average molecular weight is 264 g/mol. The van der Waals surface area contributed by atoms with E-state index in [1.165, 1.54) is 11.1 Å². The minimum absolute atomic E-state index is 0.0890. The van der Waals surface area contributed by atoms with E-state index >= 15 is 0 Å². The van der Waals surface area contributed by atoms with Gasteiger partial charge in [-0.3, -0.25) is 0 Å². The number of nitrogens with one attached hydrogen (secondary N) is 2. The monoisotopic (exact) mass is 264 g/mol. The van der Waals surface area contributed by atoms with Gasteiger partial charge in [0.2, 0.25) is 0 Å². The maximum absolute atomic E-state index is 11.6. The molecule has 3 N–H and O–H groups in total. The smallest absolute Gasteiger partial charge is 0.315 e. The number of hydrogen-bond acceptors (Lipinski definition) is 2. The molecule has 4 heteroatoms. The molecule has 4 nitrogen and oxygen atoms in total. The van der Waals surface area contributed by atoms with Crippen molar-refractivity contribution in [2.75, 3.05) is 13.2 Å². The van der Waals surface area contributed by atoms with Crippen LogP contribution in [-0.2, 0) is 6.42 Å². The van der Waals surface area contributed by atoms with Gasteiger partial charge in [-0.05, 0) is 38.7 Å². The summed E-state index contributed by atoms with van der Waals surface area (Å²) >= 11 is 0. The van der Waals surface area contributed by atoms with Crippen molar-refractivity contribution in [3.8, 4) is 0 Å². The molecule has 1 aromatic carbocycles. The first kappa shape index (κ1) is 15.5. The first-order valence-electron chi connectivity index (χ1n) is 6.82. The van der Waals surface area contributed by atoms with E-state index in [1.807, 2.05) is 13.0 Å². The van der Waals surface area contributed by atoms with Crippen molar-refractivity contribution < 1.29 is 9.90 Å². The van der Waals surface area contributed by atoms with E-state index in [4.69, 9.17) is 5.11 Å². The summed E-state index contributed by atoms with van der Waals surface area (Å²) < 4.78 is 0. The number of hydrogen-bond donors (Lipinski definition) is 3. The van der Waals surface area contributed by atoms with Crippen LogP contribution in [0.2, 0.25) is 0 Å². The Hall–Kier alpha value is -1.55. The Morgan fingerprint density at radius 3 is 2.89 bits per heavy atom. The number of carbonyl (C=O) groups excluding carboxylic acids is 1. The Morgan fingerprint density at radius 2 is 2.21 bits per heavy atom. The largest absolute Gasteiger partial charge is 0.396 e. The molecule has 2 amide bonds. The van der Waals surface area contributed by atoms with Gasteiger partial charge < -0.3 is 15.7 Å². The SMILES string of the molecule is Cc1cccc(CCNC(=O)NC(C)CCCO)c1. The summed E-state index contributed by atoms with van der Waals surface area (Å²) in [5.41, 5.74) is 2.47. The van der Waals surface area contributed by atoms with Gasteiger partial charge in [0.1, 0.15) is 0 Å². The van der Waals surface area contributed by atoms with Crippen LogP contribution >= 0.6 is 0 Å². The van der Waals surface area contributed by atoms with E-state index in [9.17, 15) is 4.79 Å². The second-order valence-electron chi connectivity index (χ2n) is 4.91. The highest BCUT2D eigenvalue weighted by molar-refractivity contribution is 5.74. The summed E-state index contributed by atoms with van der Waals surface area (Å²) in [6, 6.07) is 8.23. The summed E-state index contributed by atoms with van der Waals surface area (Å²) in [5, 5.41) is 14.4. The third-order valence-electron chi connectivity index (χ3n) is 2.95. The molecule has 0 fully saturated rings. The third-order valence-corrected chi connectivity index (χ3v) is 2.95. The molecule has 0 saturated carbocycles. The van der Waals surface area contributed by atoms with Crippen LogP contribution in [0.25, 0.3) is 0 Å². The molecule has 0 aliphatic heterocycles. The average Bonchev–Trinajstić information content (AvgIpc) is 2.36. The molecular weight excluding hydrogens is 240 g/mol. The van der Waals surface area contributed by atoms with Gasteiger partial charge in [-0.2, -0.15) is 0 Å². The number of carbonyl (C=O) groups is 1. The Bertz CT molecular complexity index is 393. The summed E-state index contributed by atoms with van der Waals surface area (Å²) in [7, 11) is 0. The maximum atomic E-state index is 11.6. The van der Waals surface area contributed by atoms with Crippen LogP contribution in [0.3, 0.4) is 0 Å². The number of urea groups is 1. The van der Waals surface area contributed by atoms with Gasteiger partial charge in [0.05, 0.1) is 0 Å². The molecule has 0 spiro atoms. The molecular formula is C15H24N2O2. The van der Waals surface area contributed by atoms with Crippen LogP contribution in [0.4, 0.5) is 4.79 Å². The zero-order chi connectivity index (χ0) is 14.1. The molecule has 106 valence electrons. The zero-order valence-electron chi connectivity index (χ0n) is 11.8.